The summed E-state index contributed by atoms with van der Waals surface area (Å²) in [6.45, 7) is -6.56. The predicted molar refractivity (Wildman–Crippen MR) is 47.1 cm³/mol. The van der Waals surface area contributed by atoms with E-state index in [-0.39, 0.29) is 5.46 Å². The van der Waals surface area contributed by atoms with E-state index in [1.54, 1.807) is 0 Å². The van der Waals surface area contributed by atoms with Crippen molar-refractivity contribution in [1.29, 1.82) is 0 Å². The summed E-state index contributed by atoms with van der Waals surface area (Å²) in [6.07, 6.45) is 1.66. The Kier molecular flexibility index (Phi) is 1.18. The molecular weight excluding hydrogens is 171 g/mol. The van der Waals surface area contributed by atoms with Crippen LogP contribution in [0.3, 0.4) is 0 Å². The van der Waals surface area contributed by atoms with E-state index in [0.29, 0.717) is 0 Å². The van der Waals surface area contributed by atoms with Crippen LogP contribution in [0.15, 0.2) is 12.4 Å². The molecule has 3 N–H and O–H groups in total. The van der Waals surface area contributed by atoms with Crippen LogP contribution >= 0.6 is 0 Å². The average Bonchev–Trinajstić information content (AvgIpc) is 2.25. The standard InChI is InChI=1S/C7H11BN2O3/c1-7(2,11)6-9-3-5(4-10-6)8(12)13/h3-4,11-13H,1-2H3/i1D3,2D3. The Morgan fingerprint density at radius 1 is 1.38 bits per heavy atom. The lowest BCUT2D eigenvalue weighted by molar-refractivity contribution is 0.0687. The second kappa shape index (κ2) is 3.41. The van der Waals surface area contributed by atoms with Gasteiger partial charge in [-0.2, -0.15) is 0 Å². The van der Waals surface area contributed by atoms with Crippen LogP contribution in [0.25, 0.3) is 0 Å². The SMILES string of the molecule is [2H]C([2H])([2H])C(O)(c1ncc(B(O)O)cn1)C([2H])([2H])[2H]. The molecule has 70 valence electrons. The van der Waals surface area contributed by atoms with Gasteiger partial charge in [0.25, 0.3) is 0 Å². The van der Waals surface area contributed by atoms with Crippen molar-refractivity contribution in [2.45, 2.75) is 19.3 Å². The Morgan fingerprint density at radius 2 is 1.92 bits per heavy atom. The fourth-order valence-corrected chi connectivity index (χ4v) is 0.658. The van der Waals surface area contributed by atoms with Crippen LogP contribution in [0, 0.1) is 0 Å². The lowest BCUT2D eigenvalue weighted by Gasteiger charge is -2.14. The molecule has 0 aliphatic heterocycles. The smallest absolute Gasteiger partial charge is 0.423 e. The molecular formula is C7H11BN2O3. The van der Waals surface area contributed by atoms with Gasteiger partial charge in [0, 0.05) is 26.1 Å². The normalized spacial score (nSPS) is 20.2. The van der Waals surface area contributed by atoms with Crippen molar-refractivity contribution in [2.24, 2.45) is 0 Å². The second-order valence-corrected chi connectivity index (χ2v) is 2.42. The Morgan fingerprint density at radius 3 is 2.31 bits per heavy atom. The highest BCUT2D eigenvalue weighted by molar-refractivity contribution is 6.58. The quantitative estimate of drug-likeness (QED) is 0.486. The van der Waals surface area contributed by atoms with E-state index in [9.17, 15) is 5.11 Å². The molecule has 0 spiro atoms. The minimum Gasteiger partial charge on any atom is -0.423 e. The van der Waals surface area contributed by atoms with Crippen molar-refractivity contribution in [3.05, 3.63) is 18.2 Å². The molecule has 0 radical (unpaired) electrons. The number of rotatable bonds is 2. The lowest BCUT2D eigenvalue weighted by Crippen LogP contribution is -2.32. The largest absolute Gasteiger partial charge is 0.491 e. The Hall–Kier alpha value is -0.975. The van der Waals surface area contributed by atoms with E-state index in [4.69, 9.17) is 18.3 Å². The van der Waals surface area contributed by atoms with E-state index in [2.05, 4.69) is 9.97 Å². The molecule has 0 aliphatic rings. The molecule has 0 saturated heterocycles. The first-order valence-electron chi connectivity index (χ1n) is 6.32. The van der Waals surface area contributed by atoms with Gasteiger partial charge in [-0.1, -0.05) is 0 Å². The van der Waals surface area contributed by atoms with Gasteiger partial charge in [-0.25, -0.2) is 9.97 Å². The van der Waals surface area contributed by atoms with E-state index in [1.807, 2.05) is 0 Å². The van der Waals surface area contributed by atoms with Crippen LogP contribution in [-0.4, -0.2) is 32.2 Å². The van der Waals surface area contributed by atoms with E-state index in [1.165, 1.54) is 0 Å². The number of nitrogens with zero attached hydrogens (tertiary/aromatic N) is 2. The van der Waals surface area contributed by atoms with Gasteiger partial charge in [0.05, 0.1) is 0 Å². The fourth-order valence-electron chi connectivity index (χ4n) is 0.658. The molecule has 0 saturated carbocycles. The van der Waals surface area contributed by atoms with Crippen LogP contribution < -0.4 is 5.46 Å². The molecule has 5 nitrogen and oxygen atoms in total. The summed E-state index contributed by atoms with van der Waals surface area (Å²) in [6, 6.07) is 0. The van der Waals surface area contributed by atoms with Crippen molar-refractivity contribution in [3.8, 4) is 0 Å². The molecule has 0 bridgehead atoms. The molecule has 0 unspecified atom stereocenters. The third-order valence-electron chi connectivity index (χ3n) is 1.29. The molecule has 6 heteroatoms. The molecule has 1 aromatic heterocycles. The van der Waals surface area contributed by atoms with Gasteiger partial charge in [0.2, 0.25) is 0 Å². The topological polar surface area (TPSA) is 86.5 Å². The van der Waals surface area contributed by atoms with Gasteiger partial charge in [-0.15, -0.1) is 0 Å². The van der Waals surface area contributed by atoms with Gasteiger partial charge in [0.1, 0.15) is 5.60 Å². The van der Waals surface area contributed by atoms with Gasteiger partial charge in [-0.3, -0.25) is 0 Å². The summed E-state index contributed by atoms with van der Waals surface area (Å²) in [5, 5.41) is 27.7. The second-order valence-electron chi connectivity index (χ2n) is 2.42. The summed E-state index contributed by atoms with van der Waals surface area (Å²) in [7, 11) is -1.89. The van der Waals surface area contributed by atoms with Crippen LogP contribution in [0.4, 0.5) is 0 Å². The zero-order chi connectivity index (χ0) is 15.1. The lowest BCUT2D eigenvalue weighted by atomic mass is 9.83. The summed E-state index contributed by atoms with van der Waals surface area (Å²) in [5.41, 5.74) is -3.40. The van der Waals surface area contributed by atoms with Gasteiger partial charge < -0.3 is 15.2 Å². The Balaban J connectivity index is 3.36. The minimum atomic E-state index is -3.28. The Bertz CT molecular complexity index is 432. The van der Waals surface area contributed by atoms with Crippen molar-refractivity contribution >= 4 is 12.6 Å². The van der Waals surface area contributed by atoms with E-state index < -0.39 is 32.2 Å². The highest BCUT2D eigenvalue weighted by atomic mass is 16.4. The number of aliphatic hydroxyl groups is 1. The van der Waals surface area contributed by atoms with Crippen molar-refractivity contribution in [2.75, 3.05) is 0 Å². The van der Waals surface area contributed by atoms with Crippen molar-refractivity contribution < 1.29 is 23.4 Å². The third-order valence-corrected chi connectivity index (χ3v) is 1.29. The predicted octanol–water partition coefficient (Wildman–Crippen LogP) is -1.62. The average molecular weight is 188 g/mol. The zero-order valence-corrected chi connectivity index (χ0v) is 6.47. The zero-order valence-electron chi connectivity index (χ0n) is 12.5. The maximum Gasteiger partial charge on any atom is 0.491 e. The molecule has 0 aliphatic carbocycles. The molecule has 0 aromatic carbocycles. The first kappa shape index (κ1) is 4.50. The monoisotopic (exact) mass is 188 g/mol. The summed E-state index contributed by atoms with van der Waals surface area (Å²) in [5.74, 6) is -0.836. The molecule has 0 fully saturated rings. The molecule has 13 heavy (non-hydrogen) atoms. The maximum absolute atomic E-state index is 10.0. The van der Waals surface area contributed by atoms with E-state index >= 15 is 0 Å². The molecule has 0 atom stereocenters. The molecule has 1 rings (SSSR count). The highest BCUT2D eigenvalue weighted by Gasteiger charge is 2.20. The summed E-state index contributed by atoms with van der Waals surface area (Å²) in [4.78, 5) is 6.81. The highest BCUT2D eigenvalue weighted by Crippen LogP contribution is 2.12. The van der Waals surface area contributed by atoms with Crippen LogP contribution in [0.5, 0.6) is 0 Å². The number of hydrogen-bond acceptors (Lipinski definition) is 5. The summed E-state index contributed by atoms with van der Waals surface area (Å²) < 4.78 is 43.0. The van der Waals surface area contributed by atoms with Gasteiger partial charge in [-0.05, 0) is 13.7 Å². The Labute approximate surface area is 84.7 Å². The van der Waals surface area contributed by atoms with Gasteiger partial charge >= 0.3 is 7.12 Å². The molecule has 1 aromatic rings. The number of hydrogen-bond donors (Lipinski definition) is 3. The number of aromatic nitrogens is 2. The van der Waals surface area contributed by atoms with Gasteiger partial charge in [0.15, 0.2) is 5.82 Å². The fraction of sp³-hybridized carbons (Fsp3) is 0.429. The molecule has 0 amide bonds. The van der Waals surface area contributed by atoms with Crippen LogP contribution in [-0.2, 0) is 5.60 Å². The van der Waals surface area contributed by atoms with Crippen molar-refractivity contribution in [1.82, 2.24) is 9.97 Å². The first-order chi connectivity index (χ1) is 8.41. The van der Waals surface area contributed by atoms with Crippen LogP contribution in [0.1, 0.15) is 27.8 Å². The third kappa shape index (κ3) is 2.48. The van der Waals surface area contributed by atoms with E-state index in [0.717, 1.165) is 12.4 Å². The van der Waals surface area contributed by atoms with Crippen molar-refractivity contribution in [3.63, 3.8) is 0 Å². The summed E-state index contributed by atoms with van der Waals surface area (Å²) >= 11 is 0. The molecule has 1 heterocycles. The maximum atomic E-state index is 10.0. The minimum absolute atomic E-state index is 0.165. The first-order valence-corrected chi connectivity index (χ1v) is 3.32. The van der Waals surface area contributed by atoms with Crippen LogP contribution in [0.2, 0.25) is 0 Å².